The van der Waals surface area contributed by atoms with Crippen molar-refractivity contribution in [1.82, 2.24) is 10.6 Å². The number of hydrogen-bond donors (Lipinski definition) is 2. The summed E-state index contributed by atoms with van der Waals surface area (Å²) in [6.07, 6.45) is 6.94. The Kier molecular flexibility index (Phi) is 7.87. The third-order valence-electron chi connectivity index (χ3n) is 6.93. The molecule has 2 aromatic carbocycles. The highest BCUT2D eigenvalue weighted by atomic mass is 16.5. The molecule has 0 radical (unpaired) electrons. The topological polar surface area (TPSA) is 70.7 Å². The molecule has 6 nitrogen and oxygen atoms in total. The number of carbonyl (C=O) groups is 2. The molecule has 4 rings (SSSR count). The second-order valence-corrected chi connectivity index (χ2v) is 9.09. The average molecular weight is 450 g/mol. The molecule has 1 saturated heterocycles. The van der Waals surface area contributed by atoms with Crippen LogP contribution >= 0.6 is 0 Å². The van der Waals surface area contributed by atoms with Crippen molar-refractivity contribution >= 4 is 17.5 Å². The van der Waals surface area contributed by atoms with E-state index in [9.17, 15) is 9.59 Å². The molecule has 33 heavy (non-hydrogen) atoms. The number of ether oxygens (including phenoxy) is 1. The summed E-state index contributed by atoms with van der Waals surface area (Å²) in [6, 6.07) is 15.9. The Morgan fingerprint density at radius 3 is 2.42 bits per heavy atom. The van der Waals surface area contributed by atoms with Crippen LogP contribution in [0.3, 0.4) is 0 Å². The highest BCUT2D eigenvalue weighted by Gasteiger charge is 2.27. The number of nitrogens with zero attached hydrogens (tertiary/aromatic N) is 1. The standard InChI is InChI=1S/C27H35N3O3/c1-33-25-13-7-4-8-20(25)14-17-28-27(32)23-11-5-6-12-24(23)30-18-15-22(16-19-30)29-26(31)21-9-2-3-10-21/h4-8,11-13,21-22H,2-3,9-10,14-19H2,1H3,(H,28,32)(H,29,31). The lowest BCUT2D eigenvalue weighted by Gasteiger charge is -2.35. The fourth-order valence-electron chi connectivity index (χ4n) is 5.03. The van der Waals surface area contributed by atoms with E-state index < -0.39 is 0 Å². The Labute approximate surface area is 196 Å². The van der Waals surface area contributed by atoms with Crippen LogP contribution in [0.2, 0.25) is 0 Å². The molecule has 2 N–H and O–H groups in total. The summed E-state index contributed by atoms with van der Waals surface area (Å²) in [4.78, 5) is 27.7. The predicted molar refractivity (Wildman–Crippen MR) is 131 cm³/mol. The molecule has 1 aliphatic carbocycles. The molecule has 2 aliphatic rings. The number of nitrogens with one attached hydrogen (secondary N) is 2. The Hall–Kier alpha value is -3.02. The fraction of sp³-hybridized carbons (Fsp3) is 0.481. The zero-order valence-corrected chi connectivity index (χ0v) is 19.5. The van der Waals surface area contributed by atoms with E-state index in [1.165, 1.54) is 12.8 Å². The van der Waals surface area contributed by atoms with Gasteiger partial charge in [-0.2, -0.15) is 0 Å². The first-order valence-electron chi connectivity index (χ1n) is 12.2. The van der Waals surface area contributed by atoms with Crippen LogP contribution < -0.4 is 20.3 Å². The van der Waals surface area contributed by atoms with Gasteiger partial charge in [-0.05, 0) is 55.9 Å². The van der Waals surface area contributed by atoms with Gasteiger partial charge in [0.25, 0.3) is 5.91 Å². The second-order valence-electron chi connectivity index (χ2n) is 9.09. The maximum Gasteiger partial charge on any atom is 0.253 e. The van der Waals surface area contributed by atoms with E-state index in [1.807, 2.05) is 48.5 Å². The van der Waals surface area contributed by atoms with Gasteiger partial charge in [-0.3, -0.25) is 9.59 Å². The summed E-state index contributed by atoms with van der Waals surface area (Å²) in [5.74, 6) is 1.23. The number of anilines is 1. The van der Waals surface area contributed by atoms with Gasteiger partial charge in [0.05, 0.1) is 12.7 Å². The highest BCUT2D eigenvalue weighted by molar-refractivity contribution is 5.99. The Morgan fingerprint density at radius 1 is 0.970 bits per heavy atom. The number of amides is 2. The molecule has 1 aliphatic heterocycles. The van der Waals surface area contributed by atoms with Gasteiger partial charge in [-0.25, -0.2) is 0 Å². The molecule has 0 atom stereocenters. The molecule has 6 heteroatoms. The molecule has 1 heterocycles. The first-order chi connectivity index (χ1) is 16.2. The predicted octanol–water partition coefficient (Wildman–Crippen LogP) is 3.94. The van der Waals surface area contributed by atoms with Gasteiger partial charge in [-0.1, -0.05) is 43.2 Å². The van der Waals surface area contributed by atoms with Gasteiger partial charge in [0.15, 0.2) is 0 Å². The number of rotatable bonds is 8. The Balaban J connectivity index is 1.31. The minimum absolute atomic E-state index is 0.0582. The van der Waals surface area contributed by atoms with Crippen LogP contribution in [-0.2, 0) is 11.2 Å². The maximum absolute atomic E-state index is 13.0. The van der Waals surface area contributed by atoms with Crippen molar-refractivity contribution in [2.24, 2.45) is 5.92 Å². The normalized spacial score (nSPS) is 17.1. The van der Waals surface area contributed by atoms with Crippen LogP contribution in [0.4, 0.5) is 5.69 Å². The largest absolute Gasteiger partial charge is 0.496 e. The quantitative estimate of drug-likeness (QED) is 0.640. The lowest BCUT2D eigenvalue weighted by atomic mass is 10.0. The van der Waals surface area contributed by atoms with Gasteiger partial charge in [0.1, 0.15) is 5.75 Å². The van der Waals surface area contributed by atoms with Crippen LogP contribution in [-0.4, -0.2) is 44.6 Å². The van der Waals surface area contributed by atoms with Gasteiger partial charge < -0.3 is 20.3 Å². The van der Waals surface area contributed by atoms with Gasteiger partial charge in [-0.15, -0.1) is 0 Å². The van der Waals surface area contributed by atoms with Gasteiger partial charge in [0.2, 0.25) is 5.91 Å². The zero-order valence-electron chi connectivity index (χ0n) is 19.5. The monoisotopic (exact) mass is 449 g/mol. The molecule has 2 amide bonds. The van der Waals surface area contributed by atoms with Crippen molar-refractivity contribution < 1.29 is 14.3 Å². The molecule has 0 unspecified atom stereocenters. The van der Waals surface area contributed by atoms with Crippen molar-refractivity contribution in [3.8, 4) is 5.75 Å². The summed E-state index contributed by atoms with van der Waals surface area (Å²) in [7, 11) is 1.66. The molecule has 2 fully saturated rings. The molecule has 0 bridgehead atoms. The van der Waals surface area contributed by atoms with E-state index in [0.29, 0.717) is 18.5 Å². The lowest BCUT2D eigenvalue weighted by Crippen LogP contribution is -2.46. The summed E-state index contributed by atoms with van der Waals surface area (Å²) >= 11 is 0. The number of hydrogen-bond acceptors (Lipinski definition) is 4. The van der Waals surface area contributed by atoms with Crippen LogP contribution in [0.15, 0.2) is 48.5 Å². The van der Waals surface area contributed by atoms with Crippen LogP contribution in [0, 0.1) is 5.92 Å². The van der Waals surface area contributed by atoms with E-state index >= 15 is 0 Å². The van der Waals surface area contributed by atoms with Crippen molar-refractivity contribution in [3.63, 3.8) is 0 Å². The minimum atomic E-state index is -0.0582. The minimum Gasteiger partial charge on any atom is -0.496 e. The third kappa shape index (κ3) is 5.86. The first-order valence-corrected chi connectivity index (χ1v) is 12.2. The number of piperidine rings is 1. The van der Waals surface area contributed by atoms with Crippen LogP contribution in [0.5, 0.6) is 5.75 Å². The second kappa shape index (κ2) is 11.2. The Bertz CT molecular complexity index is 947. The number of para-hydroxylation sites is 2. The van der Waals surface area contributed by atoms with Crippen LogP contribution in [0.25, 0.3) is 0 Å². The van der Waals surface area contributed by atoms with E-state index in [2.05, 4.69) is 15.5 Å². The van der Waals surface area contributed by atoms with Crippen molar-refractivity contribution in [3.05, 3.63) is 59.7 Å². The molecular weight excluding hydrogens is 414 g/mol. The number of carbonyl (C=O) groups excluding carboxylic acids is 2. The SMILES string of the molecule is COc1ccccc1CCNC(=O)c1ccccc1N1CCC(NC(=O)C2CCCC2)CC1. The highest BCUT2D eigenvalue weighted by Crippen LogP contribution is 2.27. The molecule has 176 valence electrons. The van der Waals surface area contributed by atoms with Crippen molar-refractivity contribution in [1.29, 1.82) is 0 Å². The molecular formula is C27H35N3O3. The van der Waals surface area contributed by atoms with E-state index in [4.69, 9.17) is 4.74 Å². The summed E-state index contributed by atoms with van der Waals surface area (Å²) in [5, 5.41) is 6.33. The zero-order chi connectivity index (χ0) is 23.0. The Morgan fingerprint density at radius 2 is 1.67 bits per heavy atom. The summed E-state index contributed by atoms with van der Waals surface area (Å²) in [6.45, 7) is 2.21. The smallest absolute Gasteiger partial charge is 0.253 e. The molecule has 1 saturated carbocycles. The summed E-state index contributed by atoms with van der Waals surface area (Å²) in [5.41, 5.74) is 2.74. The summed E-state index contributed by atoms with van der Waals surface area (Å²) < 4.78 is 5.40. The van der Waals surface area contributed by atoms with Gasteiger partial charge in [0, 0.05) is 37.3 Å². The van der Waals surface area contributed by atoms with Crippen LogP contribution in [0.1, 0.15) is 54.4 Å². The molecule has 2 aromatic rings. The molecule has 0 spiro atoms. The van der Waals surface area contributed by atoms with Crippen molar-refractivity contribution in [2.75, 3.05) is 31.6 Å². The third-order valence-corrected chi connectivity index (χ3v) is 6.93. The fourth-order valence-corrected chi connectivity index (χ4v) is 5.03. The number of benzene rings is 2. The number of methoxy groups -OCH3 is 1. The first kappa shape index (κ1) is 23.1. The van der Waals surface area contributed by atoms with E-state index in [1.54, 1.807) is 7.11 Å². The molecule has 0 aromatic heterocycles. The van der Waals surface area contributed by atoms with E-state index in [-0.39, 0.29) is 23.8 Å². The lowest BCUT2D eigenvalue weighted by molar-refractivity contribution is -0.125. The average Bonchev–Trinajstić information content (AvgIpc) is 3.40. The van der Waals surface area contributed by atoms with Gasteiger partial charge >= 0.3 is 0 Å². The van der Waals surface area contributed by atoms with E-state index in [0.717, 1.165) is 55.8 Å². The maximum atomic E-state index is 13.0. The van der Waals surface area contributed by atoms with Crippen molar-refractivity contribution in [2.45, 2.75) is 51.0 Å².